The van der Waals surface area contributed by atoms with Crippen LogP contribution in [-0.4, -0.2) is 52.9 Å². The summed E-state index contributed by atoms with van der Waals surface area (Å²) in [5.74, 6) is 1.64. The third-order valence-electron chi connectivity index (χ3n) is 7.04. The van der Waals surface area contributed by atoms with Crippen molar-refractivity contribution in [1.82, 2.24) is 20.2 Å². The average Bonchev–Trinajstić information content (AvgIpc) is 2.83. The lowest BCUT2D eigenvalue weighted by molar-refractivity contribution is -0.134. The van der Waals surface area contributed by atoms with Crippen LogP contribution in [0.3, 0.4) is 0 Å². The third kappa shape index (κ3) is 5.34. The van der Waals surface area contributed by atoms with Crippen molar-refractivity contribution in [2.24, 2.45) is 5.41 Å². The van der Waals surface area contributed by atoms with Crippen LogP contribution in [0.15, 0.2) is 30.5 Å². The lowest BCUT2D eigenvalue weighted by Gasteiger charge is -2.41. The molecule has 0 aliphatic carbocycles. The van der Waals surface area contributed by atoms with Crippen LogP contribution in [0.5, 0.6) is 5.75 Å². The topological polar surface area (TPSA) is 84.4 Å². The molecule has 0 unspecified atom stereocenters. The molecule has 1 saturated heterocycles. The minimum Gasteiger partial charge on any atom is -0.491 e. The molecule has 7 heteroatoms. The summed E-state index contributed by atoms with van der Waals surface area (Å²) >= 11 is 0. The molecule has 4 rings (SSSR count). The minimum atomic E-state index is -0.420. The van der Waals surface area contributed by atoms with Crippen molar-refractivity contribution >= 4 is 11.8 Å². The molecule has 0 bridgehead atoms. The van der Waals surface area contributed by atoms with Gasteiger partial charge in [0.15, 0.2) is 0 Å². The van der Waals surface area contributed by atoms with E-state index in [0.717, 1.165) is 37.9 Å². The molecule has 1 aromatic carbocycles. The molecule has 176 valence electrons. The zero-order chi connectivity index (χ0) is 23.3. The Bertz CT molecular complexity index is 999. The Balaban J connectivity index is 1.41. The second-order valence-electron chi connectivity index (χ2n) is 9.26. The van der Waals surface area contributed by atoms with Gasteiger partial charge in [-0.25, -0.2) is 9.97 Å². The average molecular weight is 451 g/mol. The Kier molecular flexibility index (Phi) is 7.26. The van der Waals surface area contributed by atoms with Gasteiger partial charge in [0.1, 0.15) is 18.2 Å². The molecule has 0 saturated carbocycles. The maximum atomic E-state index is 13.3. The van der Waals surface area contributed by atoms with Crippen molar-refractivity contribution in [3.8, 4) is 5.75 Å². The summed E-state index contributed by atoms with van der Waals surface area (Å²) in [4.78, 5) is 36.7. The maximum absolute atomic E-state index is 13.3. The maximum Gasteiger partial charge on any atom is 0.257 e. The molecule has 1 fully saturated rings. The minimum absolute atomic E-state index is 0.0430. The lowest BCUT2D eigenvalue weighted by Crippen LogP contribution is -2.50. The number of rotatable bonds is 1. The zero-order valence-corrected chi connectivity index (χ0v) is 19.7. The number of likely N-dealkylation sites (tertiary alicyclic amines) is 1. The summed E-state index contributed by atoms with van der Waals surface area (Å²) in [6.07, 6.45) is 7.99. The van der Waals surface area contributed by atoms with E-state index in [2.05, 4.69) is 27.4 Å². The first-order valence-corrected chi connectivity index (χ1v) is 12.1. The lowest BCUT2D eigenvalue weighted by atomic mass is 9.73. The summed E-state index contributed by atoms with van der Waals surface area (Å²) in [7, 11) is 0. The van der Waals surface area contributed by atoms with Gasteiger partial charge in [0.2, 0.25) is 5.91 Å². The van der Waals surface area contributed by atoms with E-state index in [0.29, 0.717) is 56.2 Å². The molecule has 1 spiro atoms. The standard InChI is InChI=1S/C26H34N4O3/c1-19-22(18-28-20(2)29-19)24(31)30-15-12-26(13-16-30)11-7-3-4-8-21-9-5-6-10-23(21)33-17-14-27-25(26)32/h5-6,9-10,18H,3-4,7-8,11-17H2,1-2H3,(H,27,32). The number of para-hydroxylation sites is 1. The fourth-order valence-corrected chi connectivity index (χ4v) is 5.01. The first-order valence-electron chi connectivity index (χ1n) is 12.1. The summed E-state index contributed by atoms with van der Waals surface area (Å²) in [6.45, 7) is 5.74. The molecule has 2 aliphatic rings. The van der Waals surface area contributed by atoms with Crippen LogP contribution in [0.1, 0.15) is 66.0 Å². The van der Waals surface area contributed by atoms with Gasteiger partial charge in [0.25, 0.3) is 5.91 Å². The van der Waals surface area contributed by atoms with Gasteiger partial charge in [0.05, 0.1) is 23.2 Å². The molecular formula is C26H34N4O3. The fraction of sp³-hybridized carbons (Fsp3) is 0.538. The molecular weight excluding hydrogens is 416 g/mol. The molecule has 3 heterocycles. The molecule has 0 radical (unpaired) electrons. The molecule has 2 aliphatic heterocycles. The van der Waals surface area contributed by atoms with E-state index >= 15 is 0 Å². The van der Waals surface area contributed by atoms with Gasteiger partial charge in [-0.1, -0.05) is 31.0 Å². The van der Waals surface area contributed by atoms with Crippen LogP contribution in [0.2, 0.25) is 0 Å². The second-order valence-corrected chi connectivity index (χ2v) is 9.26. The van der Waals surface area contributed by atoms with Crippen molar-refractivity contribution in [1.29, 1.82) is 0 Å². The predicted molar refractivity (Wildman–Crippen MR) is 126 cm³/mol. The van der Waals surface area contributed by atoms with E-state index in [9.17, 15) is 9.59 Å². The number of nitrogens with zero attached hydrogens (tertiary/aromatic N) is 3. The van der Waals surface area contributed by atoms with Crippen LogP contribution >= 0.6 is 0 Å². The van der Waals surface area contributed by atoms with Gasteiger partial charge in [-0.3, -0.25) is 9.59 Å². The normalized spacial score (nSPS) is 19.3. The predicted octanol–water partition coefficient (Wildman–Crippen LogP) is 3.63. The number of amides is 2. The molecule has 2 aromatic rings. The van der Waals surface area contributed by atoms with Crippen LogP contribution < -0.4 is 10.1 Å². The van der Waals surface area contributed by atoms with Crippen molar-refractivity contribution in [3.05, 3.63) is 53.1 Å². The highest BCUT2D eigenvalue weighted by atomic mass is 16.5. The Labute approximate surface area is 196 Å². The van der Waals surface area contributed by atoms with Gasteiger partial charge in [-0.15, -0.1) is 0 Å². The van der Waals surface area contributed by atoms with Gasteiger partial charge in [0, 0.05) is 19.3 Å². The van der Waals surface area contributed by atoms with Gasteiger partial charge in [-0.2, -0.15) is 0 Å². The first kappa shape index (κ1) is 23.2. The van der Waals surface area contributed by atoms with Crippen LogP contribution in [0, 0.1) is 19.3 Å². The highest BCUT2D eigenvalue weighted by Gasteiger charge is 2.41. The second kappa shape index (κ2) is 10.3. The van der Waals surface area contributed by atoms with Crippen LogP contribution in [0.25, 0.3) is 0 Å². The molecule has 33 heavy (non-hydrogen) atoms. The van der Waals surface area contributed by atoms with Crippen molar-refractivity contribution in [2.45, 2.75) is 58.8 Å². The van der Waals surface area contributed by atoms with E-state index in [4.69, 9.17) is 4.74 Å². The van der Waals surface area contributed by atoms with Crippen molar-refractivity contribution < 1.29 is 14.3 Å². The number of nitrogens with one attached hydrogen (secondary N) is 1. The van der Waals surface area contributed by atoms with E-state index in [1.807, 2.05) is 30.9 Å². The number of ether oxygens (including phenoxy) is 1. The van der Waals surface area contributed by atoms with E-state index in [-0.39, 0.29) is 11.8 Å². The number of fused-ring (bicyclic) bond motifs is 1. The van der Waals surface area contributed by atoms with E-state index in [1.165, 1.54) is 5.56 Å². The Morgan fingerprint density at radius 3 is 2.67 bits per heavy atom. The van der Waals surface area contributed by atoms with E-state index in [1.54, 1.807) is 6.20 Å². The summed E-state index contributed by atoms with van der Waals surface area (Å²) < 4.78 is 5.96. The highest BCUT2D eigenvalue weighted by molar-refractivity contribution is 5.95. The largest absolute Gasteiger partial charge is 0.491 e. The summed E-state index contributed by atoms with van der Waals surface area (Å²) in [6, 6.07) is 8.18. The van der Waals surface area contributed by atoms with Crippen LogP contribution in [-0.2, 0) is 11.2 Å². The van der Waals surface area contributed by atoms with Crippen molar-refractivity contribution in [2.75, 3.05) is 26.2 Å². The number of benzene rings is 1. The fourth-order valence-electron chi connectivity index (χ4n) is 5.01. The first-order chi connectivity index (χ1) is 16.0. The summed E-state index contributed by atoms with van der Waals surface area (Å²) in [5, 5.41) is 3.12. The Hall–Kier alpha value is -2.96. The molecule has 0 atom stereocenters. The SMILES string of the molecule is Cc1ncc(C(=O)N2CCC3(CCCCCc4ccccc4OCCNC3=O)CC2)c(C)n1. The zero-order valence-electron chi connectivity index (χ0n) is 19.7. The number of carbonyl (C=O) groups excluding carboxylic acids is 2. The number of hydrogen-bond acceptors (Lipinski definition) is 5. The number of piperidine rings is 1. The molecule has 1 N–H and O–H groups in total. The molecule has 1 aromatic heterocycles. The summed E-state index contributed by atoms with van der Waals surface area (Å²) in [5.41, 5.74) is 2.07. The van der Waals surface area contributed by atoms with Gasteiger partial charge in [-0.05, 0) is 57.6 Å². The third-order valence-corrected chi connectivity index (χ3v) is 7.04. The quantitative estimate of drug-likeness (QED) is 0.717. The molecule has 2 amide bonds. The number of hydrogen-bond donors (Lipinski definition) is 1. The van der Waals surface area contributed by atoms with E-state index < -0.39 is 5.41 Å². The smallest absolute Gasteiger partial charge is 0.257 e. The Morgan fingerprint density at radius 2 is 1.88 bits per heavy atom. The van der Waals surface area contributed by atoms with Gasteiger partial charge >= 0.3 is 0 Å². The Morgan fingerprint density at radius 1 is 1.09 bits per heavy atom. The van der Waals surface area contributed by atoms with Crippen molar-refractivity contribution in [3.63, 3.8) is 0 Å². The number of aryl methyl sites for hydroxylation is 3. The monoisotopic (exact) mass is 450 g/mol. The number of carbonyl (C=O) groups is 2. The highest BCUT2D eigenvalue weighted by Crippen LogP contribution is 2.38. The number of aromatic nitrogens is 2. The molecule has 7 nitrogen and oxygen atoms in total. The van der Waals surface area contributed by atoms with Gasteiger partial charge < -0.3 is 15.0 Å². The van der Waals surface area contributed by atoms with Crippen LogP contribution in [0.4, 0.5) is 0 Å².